The summed E-state index contributed by atoms with van der Waals surface area (Å²) in [6, 6.07) is 15.5. The molecule has 0 unspecified atom stereocenters. The molecule has 0 saturated carbocycles. The zero-order valence-electron chi connectivity index (χ0n) is 13.3. The topological polar surface area (TPSA) is 42.0 Å². The lowest BCUT2D eigenvalue weighted by Crippen LogP contribution is -2.27. The first-order valence-corrected chi connectivity index (χ1v) is 9.46. The minimum absolute atomic E-state index is 0.0527. The zero-order valence-corrected chi connectivity index (χ0v) is 15.7. The SMILES string of the molecule is O=C(Cc1csc(-c2ccccc2)n1)NCCc1cccc(Cl)c1Cl. The predicted octanol–water partition coefficient (Wildman–Crippen LogP) is 5.02. The Morgan fingerprint density at radius 1 is 1.08 bits per heavy atom. The quantitative estimate of drug-likeness (QED) is 0.641. The summed E-state index contributed by atoms with van der Waals surface area (Å²) in [5, 5.41) is 6.83. The number of thiazole rings is 1. The van der Waals surface area contributed by atoms with Gasteiger partial charge in [0.25, 0.3) is 0 Å². The van der Waals surface area contributed by atoms with Crippen LogP contribution in [0, 0.1) is 0 Å². The Morgan fingerprint density at radius 3 is 2.68 bits per heavy atom. The van der Waals surface area contributed by atoms with Gasteiger partial charge in [-0.15, -0.1) is 11.3 Å². The summed E-state index contributed by atoms with van der Waals surface area (Å²) >= 11 is 13.7. The van der Waals surface area contributed by atoms with E-state index >= 15 is 0 Å². The average Bonchev–Trinajstić information content (AvgIpc) is 3.08. The van der Waals surface area contributed by atoms with E-state index in [1.807, 2.05) is 47.8 Å². The van der Waals surface area contributed by atoms with Crippen molar-refractivity contribution in [3.05, 3.63) is 75.2 Å². The van der Waals surface area contributed by atoms with Crippen LogP contribution in [0.5, 0.6) is 0 Å². The van der Waals surface area contributed by atoms with E-state index in [1.165, 1.54) is 0 Å². The summed E-state index contributed by atoms with van der Waals surface area (Å²) in [6.45, 7) is 0.509. The predicted molar refractivity (Wildman–Crippen MR) is 104 cm³/mol. The number of benzene rings is 2. The monoisotopic (exact) mass is 390 g/mol. The highest BCUT2D eigenvalue weighted by Gasteiger charge is 2.09. The number of carbonyl (C=O) groups excluding carboxylic acids is 1. The van der Waals surface area contributed by atoms with E-state index in [1.54, 1.807) is 17.4 Å². The molecular weight excluding hydrogens is 375 g/mol. The minimum atomic E-state index is -0.0527. The second-order valence-electron chi connectivity index (χ2n) is 5.50. The highest BCUT2D eigenvalue weighted by atomic mass is 35.5. The minimum Gasteiger partial charge on any atom is -0.355 e. The van der Waals surface area contributed by atoms with Crippen molar-refractivity contribution < 1.29 is 4.79 Å². The van der Waals surface area contributed by atoms with Crippen LogP contribution in [-0.4, -0.2) is 17.4 Å². The second kappa shape index (κ2) is 8.48. The lowest BCUT2D eigenvalue weighted by molar-refractivity contribution is -0.120. The van der Waals surface area contributed by atoms with Crippen molar-refractivity contribution in [1.29, 1.82) is 0 Å². The van der Waals surface area contributed by atoms with E-state index in [9.17, 15) is 4.79 Å². The Labute approximate surface area is 160 Å². The molecule has 3 aromatic rings. The summed E-state index contributed by atoms with van der Waals surface area (Å²) in [5.41, 5.74) is 2.77. The Balaban J connectivity index is 1.51. The molecule has 6 heteroatoms. The maximum absolute atomic E-state index is 12.1. The van der Waals surface area contributed by atoms with E-state index in [4.69, 9.17) is 23.2 Å². The van der Waals surface area contributed by atoms with Gasteiger partial charge in [0, 0.05) is 17.5 Å². The molecule has 3 rings (SSSR count). The van der Waals surface area contributed by atoms with Crippen LogP contribution in [0.3, 0.4) is 0 Å². The van der Waals surface area contributed by atoms with Crippen LogP contribution in [0.25, 0.3) is 10.6 Å². The second-order valence-corrected chi connectivity index (χ2v) is 7.14. The van der Waals surface area contributed by atoms with Crippen LogP contribution in [0.15, 0.2) is 53.9 Å². The molecule has 128 valence electrons. The van der Waals surface area contributed by atoms with Gasteiger partial charge in [-0.25, -0.2) is 4.98 Å². The van der Waals surface area contributed by atoms with Crippen molar-refractivity contribution in [1.82, 2.24) is 10.3 Å². The third kappa shape index (κ3) is 4.82. The van der Waals surface area contributed by atoms with Crippen LogP contribution in [-0.2, 0) is 17.6 Å². The average molecular weight is 391 g/mol. The number of nitrogens with one attached hydrogen (secondary N) is 1. The third-order valence-corrected chi connectivity index (χ3v) is 5.46. The number of aromatic nitrogens is 1. The van der Waals surface area contributed by atoms with Gasteiger partial charge in [0.15, 0.2) is 0 Å². The van der Waals surface area contributed by atoms with E-state index in [2.05, 4.69) is 10.3 Å². The molecule has 1 aromatic heterocycles. The third-order valence-electron chi connectivity index (χ3n) is 3.66. The number of hydrogen-bond donors (Lipinski definition) is 1. The maximum Gasteiger partial charge on any atom is 0.226 e. The Kier molecular flexibility index (Phi) is 6.08. The molecule has 0 saturated heterocycles. The molecule has 0 atom stereocenters. The van der Waals surface area contributed by atoms with Gasteiger partial charge in [0.05, 0.1) is 22.2 Å². The Bertz CT molecular complexity index is 865. The number of hydrogen-bond acceptors (Lipinski definition) is 3. The lowest BCUT2D eigenvalue weighted by atomic mass is 10.1. The molecule has 0 bridgehead atoms. The Morgan fingerprint density at radius 2 is 1.88 bits per heavy atom. The summed E-state index contributed by atoms with van der Waals surface area (Å²) in [7, 11) is 0. The van der Waals surface area contributed by atoms with Crippen molar-refractivity contribution in [2.75, 3.05) is 6.54 Å². The maximum atomic E-state index is 12.1. The van der Waals surface area contributed by atoms with Crippen LogP contribution in [0.4, 0.5) is 0 Å². The van der Waals surface area contributed by atoms with Crippen LogP contribution < -0.4 is 5.32 Å². The smallest absolute Gasteiger partial charge is 0.226 e. The fraction of sp³-hybridized carbons (Fsp3) is 0.158. The van der Waals surface area contributed by atoms with Gasteiger partial charge in [-0.2, -0.15) is 0 Å². The van der Waals surface area contributed by atoms with Crippen molar-refractivity contribution in [2.45, 2.75) is 12.8 Å². The fourth-order valence-corrected chi connectivity index (χ4v) is 3.65. The Hall–Kier alpha value is -1.88. The van der Waals surface area contributed by atoms with Gasteiger partial charge >= 0.3 is 0 Å². The molecule has 1 heterocycles. The van der Waals surface area contributed by atoms with Crippen molar-refractivity contribution in [3.8, 4) is 10.6 Å². The first kappa shape index (κ1) is 17.9. The van der Waals surface area contributed by atoms with Gasteiger partial charge < -0.3 is 5.32 Å². The van der Waals surface area contributed by atoms with Crippen molar-refractivity contribution in [2.24, 2.45) is 0 Å². The summed E-state index contributed by atoms with van der Waals surface area (Å²) in [5.74, 6) is -0.0527. The first-order valence-electron chi connectivity index (χ1n) is 7.83. The number of rotatable bonds is 6. The molecule has 0 aliphatic carbocycles. The normalized spacial score (nSPS) is 10.6. The number of carbonyl (C=O) groups is 1. The molecular formula is C19H16Cl2N2OS. The van der Waals surface area contributed by atoms with E-state index < -0.39 is 0 Å². The van der Waals surface area contributed by atoms with Crippen LogP contribution in [0.1, 0.15) is 11.3 Å². The summed E-state index contributed by atoms with van der Waals surface area (Å²) < 4.78 is 0. The molecule has 2 aromatic carbocycles. The largest absolute Gasteiger partial charge is 0.355 e. The van der Waals surface area contributed by atoms with E-state index in [0.29, 0.717) is 23.0 Å². The summed E-state index contributed by atoms with van der Waals surface area (Å²) in [6.07, 6.45) is 0.907. The molecule has 0 aliphatic heterocycles. The highest BCUT2D eigenvalue weighted by Crippen LogP contribution is 2.26. The van der Waals surface area contributed by atoms with Crippen LogP contribution in [0.2, 0.25) is 10.0 Å². The molecule has 0 spiro atoms. The molecule has 1 N–H and O–H groups in total. The van der Waals surface area contributed by atoms with E-state index in [-0.39, 0.29) is 12.3 Å². The molecule has 25 heavy (non-hydrogen) atoms. The van der Waals surface area contributed by atoms with Gasteiger partial charge in [-0.1, -0.05) is 65.7 Å². The number of amides is 1. The molecule has 0 fully saturated rings. The number of nitrogens with zero attached hydrogens (tertiary/aromatic N) is 1. The van der Waals surface area contributed by atoms with Crippen molar-refractivity contribution >= 4 is 40.4 Å². The standard InChI is InChI=1S/C19H16Cl2N2OS/c20-16-8-4-7-13(18(16)21)9-10-22-17(24)11-15-12-25-19(23-15)14-5-2-1-3-6-14/h1-8,12H,9-11H2,(H,22,24). The number of halogens is 2. The van der Waals surface area contributed by atoms with Gasteiger partial charge in [-0.3, -0.25) is 4.79 Å². The lowest BCUT2D eigenvalue weighted by Gasteiger charge is -2.07. The van der Waals surface area contributed by atoms with Crippen LogP contribution >= 0.6 is 34.5 Å². The molecule has 1 amide bonds. The van der Waals surface area contributed by atoms with E-state index in [0.717, 1.165) is 21.8 Å². The zero-order chi connectivity index (χ0) is 17.6. The first-order chi connectivity index (χ1) is 12.1. The highest BCUT2D eigenvalue weighted by molar-refractivity contribution is 7.13. The van der Waals surface area contributed by atoms with Gasteiger partial charge in [0.2, 0.25) is 5.91 Å². The fourth-order valence-electron chi connectivity index (χ4n) is 2.41. The molecule has 3 nitrogen and oxygen atoms in total. The van der Waals surface area contributed by atoms with Crippen molar-refractivity contribution in [3.63, 3.8) is 0 Å². The van der Waals surface area contributed by atoms with Gasteiger partial charge in [0.1, 0.15) is 5.01 Å². The van der Waals surface area contributed by atoms with Gasteiger partial charge in [-0.05, 0) is 18.1 Å². The summed E-state index contributed by atoms with van der Waals surface area (Å²) in [4.78, 5) is 16.6. The molecule has 0 radical (unpaired) electrons. The molecule has 0 aliphatic rings.